The molecule has 4 heteroatoms. The van der Waals surface area contributed by atoms with Crippen LogP contribution in [0.1, 0.15) is 6.42 Å². The van der Waals surface area contributed by atoms with Gasteiger partial charge in [-0.2, -0.15) is 0 Å². The summed E-state index contributed by atoms with van der Waals surface area (Å²) in [6.45, 7) is 1.91. The highest BCUT2D eigenvalue weighted by molar-refractivity contribution is 5.85. The SMILES string of the molecule is CN=C=NCCCN(C)C.Cl. The van der Waals surface area contributed by atoms with Gasteiger partial charge < -0.3 is 4.90 Å². The summed E-state index contributed by atoms with van der Waals surface area (Å²) in [4.78, 5) is 9.68. The average molecular weight is 178 g/mol. The standard InChI is InChI=1S/C7H15N3.ClH/c1-8-7-9-5-4-6-10(2)3;/h4-6H2,1-3H3;1H. The highest BCUT2D eigenvalue weighted by Gasteiger charge is 1.86. The molecular formula is C7H16ClN3. The smallest absolute Gasteiger partial charge is 0.0889 e. The molecule has 11 heavy (non-hydrogen) atoms. The van der Waals surface area contributed by atoms with Gasteiger partial charge in [-0.3, -0.25) is 0 Å². The summed E-state index contributed by atoms with van der Waals surface area (Å²) in [7, 11) is 5.78. The molecule has 66 valence electrons. The molecule has 0 rings (SSSR count). The lowest BCUT2D eigenvalue weighted by Gasteiger charge is -2.05. The number of rotatable bonds is 4. The largest absolute Gasteiger partial charge is 0.309 e. The molecule has 0 radical (unpaired) electrons. The predicted molar refractivity (Wildman–Crippen MR) is 51.1 cm³/mol. The van der Waals surface area contributed by atoms with Gasteiger partial charge in [-0.05, 0) is 27.1 Å². The van der Waals surface area contributed by atoms with Crippen molar-refractivity contribution >= 4 is 18.4 Å². The highest BCUT2D eigenvalue weighted by atomic mass is 35.5. The Kier molecular flexibility index (Phi) is 11.6. The normalized spacial score (nSPS) is 8.36. The Hall–Kier alpha value is -0.370. The lowest BCUT2D eigenvalue weighted by Crippen LogP contribution is -2.13. The van der Waals surface area contributed by atoms with Crippen LogP contribution in [0.4, 0.5) is 0 Å². The Labute approximate surface area is 74.6 Å². The van der Waals surface area contributed by atoms with Gasteiger partial charge in [-0.15, -0.1) is 12.4 Å². The van der Waals surface area contributed by atoms with Gasteiger partial charge in [0.25, 0.3) is 0 Å². The van der Waals surface area contributed by atoms with Gasteiger partial charge in [-0.1, -0.05) is 0 Å². The van der Waals surface area contributed by atoms with Crippen molar-refractivity contribution in [3.8, 4) is 0 Å². The minimum Gasteiger partial charge on any atom is -0.309 e. The molecule has 0 aliphatic heterocycles. The first-order valence-electron chi connectivity index (χ1n) is 3.42. The van der Waals surface area contributed by atoms with Crippen LogP contribution in [-0.2, 0) is 0 Å². The van der Waals surface area contributed by atoms with E-state index in [1.165, 1.54) is 0 Å². The van der Waals surface area contributed by atoms with Crippen molar-refractivity contribution in [3.63, 3.8) is 0 Å². The van der Waals surface area contributed by atoms with E-state index in [-0.39, 0.29) is 12.4 Å². The van der Waals surface area contributed by atoms with Gasteiger partial charge in [-0.25, -0.2) is 9.98 Å². The zero-order valence-electron chi connectivity index (χ0n) is 7.37. The number of hydrogen-bond acceptors (Lipinski definition) is 3. The average Bonchev–Trinajstić information content (AvgIpc) is 1.87. The third kappa shape index (κ3) is 12.8. The lowest BCUT2D eigenvalue weighted by atomic mass is 10.4. The van der Waals surface area contributed by atoms with E-state index >= 15 is 0 Å². The molecule has 0 amide bonds. The fourth-order valence-electron chi connectivity index (χ4n) is 0.587. The number of halogens is 1. The molecule has 0 atom stereocenters. The number of aliphatic imine (C=N–C) groups is 2. The molecule has 0 aromatic carbocycles. The molecule has 0 unspecified atom stereocenters. The molecule has 0 saturated carbocycles. The Morgan fingerprint density at radius 1 is 1.36 bits per heavy atom. The molecule has 0 aromatic heterocycles. The Morgan fingerprint density at radius 2 is 2.00 bits per heavy atom. The topological polar surface area (TPSA) is 28.0 Å². The second-order valence-corrected chi connectivity index (χ2v) is 2.36. The maximum absolute atomic E-state index is 3.92. The summed E-state index contributed by atoms with van der Waals surface area (Å²) in [6, 6.07) is 2.55. The van der Waals surface area contributed by atoms with Gasteiger partial charge in [0.15, 0.2) is 0 Å². The summed E-state index contributed by atoms with van der Waals surface area (Å²) < 4.78 is 0. The van der Waals surface area contributed by atoms with Crippen LogP contribution in [0.5, 0.6) is 0 Å². The van der Waals surface area contributed by atoms with Crippen LogP contribution in [0, 0.1) is 0 Å². The summed E-state index contributed by atoms with van der Waals surface area (Å²) in [5.41, 5.74) is 0. The zero-order valence-corrected chi connectivity index (χ0v) is 8.19. The van der Waals surface area contributed by atoms with E-state index in [2.05, 4.69) is 35.0 Å². The van der Waals surface area contributed by atoms with Crippen LogP contribution >= 0.6 is 12.4 Å². The minimum atomic E-state index is 0. The maximum atomic E-state index is 3.92. The first-order valence-corrected chi connectivity index (χ1v) is 3.42. The van der Waals surface area contributed by atoms with Crippen LogP contribution in [-0.4, -0.2) is 45.1 Å². The second kappa shape index (κ2) is 9.63. The molecule has 0 fully saturated rings. The lowest BCUT2D eigenvalue weighted by molar-refractivity contribution is 0.403. The van der Waals surface area contributed by atoms with Crippen LogP contribution in [0.2, 0.25) is 0 Å². The molecule has 0 spiro atoms. The Balaban J connectivity index is 0. The third-order valence-corrected chi connectivity index (χ3v) is 1.05. The van der Waals surface area contributed by atoms with Gasteiger partial charge in [0.1, 0.15) is 0 Å². The van der Waals surface area contributed by atoms with Crippen LogP contribution in [0.25, 0.3) is 0 Å². The monoisotopic (exact) mass is 177 g/mol. The van der Waals surface area contributed by atoms with E-state index in [9.17, 15) is 0 Å². The first-order chi connectivity index (χ1) is 4.77. The minimum absolute atomic E-state index is 0. The molecule has 0 heterocycles. The van der Waals surface area contributed by atoms with E-state index in [0.29, 0.717) is 0 Å². The molecule has 0 aliphatic carbocycles. The van der Waals surface area contributed by atoms with E-state index in [1.54, 1.807) is 7.05 Å². The fraction of sp³-hybridized carbons (Fsp3) is 0.857. The maximum Gasteiger partial charge on any atom is 0.0889 e. The molecular weight excluding hydrogens is 162 g/mol. The molecule has 0 aromatic rings. The van der Waals surface area contributed by atoms with Crippen LogP contribution in [0.3, 0.4) is 0 Å². The Morgan fingerprint density at radius 3 is 2.45 bits per heavy atom. The van der Waals surface area contributed by atoms with Crippen LogP contribution in [0.15, 0.2) is 9.98 Å². The molecule has 0 N–H and O–H groups in total. The summed E-state index contributed by atoms with van der Waals surface area (Å²) in [6.07, 6.45) is 1.08. The van der Waals surface area contributed by atoms with Crippen molar-refractivity contribution < 1.29 is 0 Å². The van der Waals surface area contributed by atoms with Crippen molar-refractivity contribution in [1.29, 1.82) is 0 Å². The number of hydrogen-bond donors (Lipinski definition) is 0. The summed E-state index contributed by atoms with van der Waals surface area (Å²) >= 11 is 0. The molecule has 0 saturated heterocycles. The van der Waals surface area contributed by atoms with Crippen LogP contribution < -0.4 is 0 Å². The van der Waals surface area contributed by atoms with E-state index in [1.807, 2.05) is 0 Å². The van der Waals surface area contributed by atoms with Crippen molar-refractivity contribution in [2.24, 2.45) is 9.98 Å². The molecule has 3 nitrogen and oxygen atoms in total. The summed E-state index contributed by atoms with van der Waals surface area (Å²) in [5.74, 6) is 0. The summed E-state index contributed by atoms with van der Waals surface area (Å²) in [5, 5.41) is 0. The van der Waals surface area contributed by atoms with Crippen molar-refractivity contribution in [2.45, 2.75) is 6.42 Å². The van der Waals surface area contributed by atoms with Gasteiger partial charge >= 0.3 is 0 Å². The van der Waals surface area contributed by atoms with Crippen molar-refractivity contribution in [3.05, 3.63) is 0 Å². The Bertz CT molecular complexity index is 128. The number of nitrogens with zero attached hydrogens (tertiary/aromatic N) is 3. The fourth-order valence-corrected chi connectivity index (χ4v) is 0.587. The quantitative estimate of drug-likeness (QED) is 0.468. The predicted octanol–water partition coefficient (Wildman–Crippen LogP) is 1.16. The second-order valence-electron chi connectivity index (χ2n) is 2.36. The molecule has 0 aliphatic rings. The first kappa shape index (κ1) is 13.2. The van der Waals surface area contributed by atoms with E-state index in [0.717, 1.165) is 19.5 Å². The van der Waals surface area contributed by atoms with Gasteiger partial charge in [0, 0.05) is 7.05 Å². The van der Waals surface area contributed by atoms with E-state index < -0.39 is 0 Å². The van der Waals surface area contributed by atoms with Gasteiger partial charge in [0.05, 0.1) is 12.6 Å². The van der Waals surface area contributed by atoms with E-state index in [4.69, 9.17) is 0 Å². The van der Waals surface area contributed by atoms with Crippen molar-refractivity contribution in [2.75, 3.05) is 34.2 Å². The third-order valence-electron chi connectivity index (χ3n) is 1.05. The van der Waals surface area contributed by atoms with Gasteiger partial charge in [0.2, 0.25) is 0 Å². The highest BCUT2D eigenvalue weighted by Crippen LogP contribution is 1.82. The zero-order chi connectivity index (χ0) is 7.82. The van der Waals surface area contributed by atoms with Crippen molar-refractivity contribution in [1.82, 2.24) is 4.90 Å². The molecule has 0 bridgehead atoms.